The largest absolute Gasteiger partial charge is 0.461 e. The van der Waals surface area contributed by atoms with Gasteiger partial charge in [0, 0.05) is 12.1 Å². The molecule has 0 bridgehead atoms. The van der Waals surface area contributed by atoms with Crippen LogP contribution in [-0.2, 0) is 17.7 Å². The maximum atomic E-state index is 11.7. The van der Waals surface area contributed by atoms with Crippen molar-refractivity contribution >= 4 is 11.8 Å². The van der Waals surface area contributed by atoms with Crippen molar-refractivity contribution in [3.05, 3.63) is 11.3 Å². The van der Waals surface area contributed by atoms with E-state index in [1.807, 2.05) is 13.8 Å². The molecule has 0 aliphatic rings. The van der Waals surface area contributed by atoms with Crippen LogP contribution >= 0.6 is 0 Å². The third-order valence-electron chi connectivity index (χ3n) is 2.36. The molecular weight excluding hydrogens is 206 g/mol. The average molecular weight is 225 g/mol. The summed E-state index contributed by atoms with van der Waals surface area (Å²) in [6.07, 6.45) is 1.67. The molecule has 5 heteroatoms. The summed E-state index contributed by atoms with van der Waals surface area (Å²) in [4.78, 5) is 11.7. The van der Waals surface area contributed by atoms with Crippen LogP contribution in [0.4, 0.5) is 5.82 Å². The predicted molar refractivity (Wildman–Crippen MR) is 62.3 cm³/mol. The van der Waals surface area contributed by atoms with E-state index in [4.69, 9.17) is 10.5 Å². The van der Waals surface area contributed by atoms with E-state index in [1.54, 1.807) is 11.6 Å². The molecule has 1 aromatic heterocycles. The SMILES string of the molecule is CCCc1c(C(=O)OCC)nn(CC)c1N. The van der Waals surface area contributed by atoms with Crippen molar-refractivity contribution in [2.75, 3.05) is 12.3 Å². The van der Waals surface area contributed by atoms with Crippen LogP contribution in [0.15, 0.2) is 0 Å². The number of carbonyl (C=O) groups excluding carboxylic acids is 1. The zero-order chi connectivity index (χ0) is 12.1. The van der Waals surface area contributed by atoms with E-state index in [0.717, 1.165) is 18.4 Å². The lowest BCUT2D eigenvalue weighted by Gasteiger charge is -2.01. The Morgan fingerprint density at radius 3 is 2.62 bits per heavy atom. The standard InChI is InChI=1S/C11H19N3O2/c1-4-7-8-9(11(15)16-6-3)13-14(5-2)10(8)12/h4-7,12H2,1-3H3. The van der Waals surface area contributed by atoms with Gasteiger partial charge in [-0.1, -0.05) is 13.3 Å². The average Bonchev–Trinajstić information content (AvgIpc) is 2.57. The molecule has 16 heavy (non-hydrogen) atoms. The molecule has 0 radical (unpaired) electrons. The van der Waals surface area contributed by atoms with Crippen LogP contribution in [0.1, 0.15) is 43.2 Å². The van der Waals surface area contributed by atoms with Gasteiger partial charge in [0.05, 0.1) is 6.61 Å². The molecule has 0 saturated carbocycles. The van der Waals surface area contributed by atoms with Gasteiger partial charge in [0.1, 0.15) is 5.82 Å². The van der Waals surface area contributed by atoms with Crippen LogP contribution in [-0.4, -0.2) is 22.4 Å². The maximum Gasteiger partial charge on any atom is 0.359 e. The maximum absolute atomic E-state index is 11.7. The lowest BCUT2D eigenvalue weighted by atomic mass is 10.1. The highest BCUT2D eigenvalue weighted by Crippen LogP contribution is 2.19. The molecule has 0 saturated heterocycles. The van der Waals surface area contributed by atoms with E-state index >= 15 is 0 Å². The van der Waals surface area contributed by atoms with Gasteiger partial charge >= 0.3 is 5.97 Å². The zero-order valence-electron chi connectivity index (χ0n) is 10.1. The number of hydrogen-bond acceptors (Lipinski definition) is 4. The van der Waals surface area contributed by atoms with E-state index in [1.165, 1.54) is 0 Å². The molecule has 1 aromatic rings. The normalized spacial score (nSPS) is 10.4. The summed E-state index contributed by atoms with van der Waals surface area (Å²) in [7, 11) is 0. The number of nitrogen functional groups attached to an aromatic ring is 1. The molecule has 1 heterocycles. The van der Waals surface area contributed by atoms with Crippen LogP contribution < -0.4 is 5.73 Å². The third kappa shape index (κ3) is 2.35. The minimum Gasteiger partial charge on any atom is -0.461 e. The van der Waals surface area contributed by atoms with Gasteiger partial charge in [-0.05, 0) is 20.3 Å². The lowest BCUT2D eigenvalue weighted by Crippen LogP contribution is -2.08. The van der Waals surface area contributed by atoms with Crippen LogP contribution in [0.2, 0.25) is 0 Å². The molecular formula is C11H19N3O2. The van der Waals surface area contributed by atoms with Crippen molar-refractivity contribution in [1.82, 2.24) is 9.78 Å². The van der Waals surface area contributed by atoms with E-state index < -0.39 is 0 Å². The Hall–Kier alpha value is -1.52. The fraction of sp³-hybridized carbons (Fsp3) is 0.636. The highest BCUT2D eigenvalue weighted by Gasteiger charge is 2.20. The highest BCUT2D eigenvalue weighted by atomic mass is 16.5. The second kappa shape index (κ2) is 5.53. The fourth-order valence-electron chi connectivity index (χ4n) is 1.61. The summed E-state index contributed by atoms with van der Waals surface area (Å²) in [5.41, 5.74) is 7.10. The summed E-state index contributed by atoms with van der Waals surface area (Å²) in [5, 5.41) is 4.18. The summed E-state index contributed by atoms with van der Waals surface area (Å²) in [6.45, 7) is 6.76. The number of rotatable bonds is 5. The molecule has 0 aliphatic heterocycles. The summed E-state index contributed by atoms with van der Waals surface area (Å²) in [6, 6.07) is 0. The monoisotopic (exact) mass is 225 g/mol. The number of nitrogens with zero attached hydrogens (tertiary/aromatic N) is 2. The van der Waals surface area contributed by atoms with Gasteiger partial charge in [0.25, 0.3) is 0 Å². The molecule has 0 amide bonds. The Bertz CT molecular complexity index is 372. The Labute approximate surface area is 95.6 Å². The lowest BCUT2D eigenvalue weighted by molar-refractivity contribution is 0.0517. The van der Waals surface area contributed by atoms with E-state index in [2.05, 4.69) is 5.10 Å². The first-order chi connectivity index (χ1) is 7.65. The van der Waals surface area contributed by atoms with Gasteiger partial charge in [-0.2, -0.15) is 5.10 Å². The summed E-state index contributed by atoms with van der Waals surface area (Å²) >= 11 is 0. The van der Waals surface area contributed by atoms with Crippen molar-refractivity contribution in [2.24, 2.45) is 0 Å². The number of aryl methyl sites for hydroxylation is 1. The third-order valence-corrected chi connectivity index (χ3v) is 2.36. The van der Waals surface area contributed by atoms with Crippen LogP contribution in [0, 0.1) is 0 Å². The number of nitrogens with two attached hydrogens (primary N) is 1. The predicted octanol–water partition coefficient (Wildman–Crippen LogP) is 1.61. The second-order valence-corrected chi connectivity index (χ2v) is 3.50. The molecule has 90 valence electrons. The number of ether oxygens (including phenoxy) is 1. The number of anilines is 1. The molecule has 5 nitrogen and oxygen atoms in total. The Balaban J connectivity index is 3.10. The molecule has 2 N–H and O–H groups in total. The van der Waals surface area contributed by atoms with Gasteiger partial charge < -0.3 is 10.5 Å². The smallest absolute Gasteiger partial charge is 0.359 e. The molecule has 0 unspecified atom stereocenters. The minimum absolute atomic E-state index is 0.350. The van der Waals surface area contributed by atoms with Gasteiger partial charge in [-0.25, -0.2) is 9.48 Å². The van der Waals surface area contributed by atoms with Gasteiger partial charge in [-0.15, -0.1) is 0 Å². The molecule has 0 fully saturated rings. The van der Waals surface area contributed by atoms with Crippen molar-refractivity contribution < 1.29 is 9.53 Å². The van der Waals surface area contributed by atoms with E-state index in [-0.39, 0.29) is 5.97 Å². The van der Waals surface area contributed by atoms with Crippen LogP contribution in [0.5, 0.6) is 0 Å². The Morgan fingerprint density at radius 2 is 2.12 bits per heavy atom. The fourth-order valence-corrected chi connectivity index (χ4v) is 1.61. The van der Waals surface area contributed by atoms with Gasteiger partial charge in [0.2, 0.25) is 0 Å². The van der Waals surface area contributed by atoms with Gasteiger partial charge in [-0.3, -0.25) is 0 Å². The number of carbonyl (C=O) groups is 1. The first kappa shape index (κ1) is 12.5. The second-order valence-electron chi connectivity index (χ2n) is 3.50. The Morgan fingerprint density at radius 1 is 1.44 bits per heavy atom. The first-order valence-electron chi connectivity index (χ1n) is 5.67. The van der Waals surface area contributed by atoms with Crippen molar-refractivity contribution in [2.45, 2.75) is 40.2 Å². The van der Waals surface area contributed by atoms with Crippen LogP contribution in [0.3, 0.4) is 0 Å². The highest BCUT2D eigenvalue weighted by molar-refractivity contribution is 5.90. The van der Waals surface area contributed by atoms with Crippen molar-refractivity contribution in [1.29, 1.82) is 0 Å². The van der Waals surface area contributed by atoms with Crippen molar-refractivity contribution in [3.63, 3.8) is 0 Å². The topological polar surface area (TPSA) is 70.1 Å². The van der Waals surface area contributed by atoms with E-state index in [9.17, 15) is 4.79 Å². The quantitative estimate of drug-likeness (QED) is 0.773. The van der Waals surface area contributed by atoms with E-state index in [0.29, 0.717) is 24.7 Å². The molecule has 0 atom stereocenters. The molecule has 0 aliphatic carbocycles. The molecule has 1 rings (SSSR count). The minimum atomic E-state index is -0.384. The zero-order valence-corrected chi connectivity index (χ0v) is 10.1. The van der Waals surface area contributed by atoms with Crippen molar-refractivity contribution in [3.8, 4) is 0 Å². The Kier molecular flexibility index (Phi) is 4.34. The summed E-state index contributed by atoms with van der Waals surface area (Å²) in [5.74, 6) is 0.192. The summed E-state index contributed by atoms with van der Waals surface area (Å²) < 4.78 is 6.59. The molecule has 0 aromatic carbocycles. The number of aromatic nitrogens is 2. The number of esters is 1. The molecule has 0 spiro atoms. The first-order valence-corrected chi connectivity index (χ1v) is 5.67. The van der Waals surface area contributed by atoms with Gasteiger partial charge in [0.15, 0.2) is 5.69 Å². The number of hydrogen-bond donors (Lipinski definition) is 1. The van der Waals surface area contributed by atoms with Crippen LogP contribution in [0.25, 0.3) is 0 Å².